The van der Waals surface area contributed by atoms with Crippen molar-refractivity contribution in [3.63, 3.8) is 0 Å². The van der Waals surface area contributed by atoms with Crippen LogP contribution in [0.2, 0.25) is 0 Å². The molecule has 6 heteroatoms. The number of carbonyl (C=O) groups is 2. The summed E-state index contributed by atoms with van der Waals surface area (Å²) in [7, 11) is 0. The first-order valence-electron chi connectivity index (χ1n) is 10.1. The Morgan fingerprint density at radius 2 is 1.00 bits per heavy atom. The fourth-order valence-corrected chi connectivity index (χ4v) is 3.30. The Morgan fingerprint density at radius 3 is 1.52 bits per heavy atom. The molecule has 3 aromatic rings. The summed E-state index contributed by atoms with van der Waals surface area (Å²) in [6.07, 6.45) is 0. The third kappa shape index (κ3) is 5.85. The van der Waals surface area contributed by atoms with E-state index in [9.17, 15) is 9.59 Å². The molecule has 4 amide bonds. The molecule has 4 N–H and O–H groups in total. The van der Waals surface area contributed by atoms with Gasteiger partial charge >= 0.3 is 12.1 Å². The van der Waals surface area contributed by atoms with Gasteiger partial charge in [-0.25, -0.2) is 9.59 Å². The van der Waals surface area contributed by atoms with Gasteiger partial charge in [-0.2, -0.15) is 0 Å². The topological polar surface area (TPSA) is 82.3 Å². The second-order valence-electron chi connectivity index (χ2n) is 7.82. The molecule has 0 aliphatic heterocycles. The van der Waals surface area contributed by atoms with Crippen LogP contribution in [0.25, 0.3) is 0 Å². The van der Waals surface area contributed by atoms with E-state index in [-0.39, 0.29) is 12.1 Å². The van der Waals surface area contributed by atoms with Crippen LogP contribution >= 0.6 is 0 Å². The summed E-state index contributed by atoms with van der Waals surface area (Å²) in [4.78, 5) is 24.9. The zero-order valence-corrected chi connectivity index (χ0v) is 18.5. The Hall–Kier alpha value is -3.80. The summed E-state index contributed by atoms with van der Waals surface area (Å²) in [5.74, 6) is 0. The van der Waals surface area contributed by atoms with Crippen LogP contribution in [-0.2, 0) is 0 Å². The van der Waals surface area contributed by atoms with Gasteiger partial charge in [0, 0.05) is 22.7 Å². The molecule has 0 bridgehead atoms. The fourth-order valence-electron chi connectivity index (χ4n) is 3.30. The van der Waals surface area contributed by atoms with Gasteiger partial charge in [-0.15, -0.1) is 0 Å². The summed E-state index contributed by atoms with van der Waals surface area (Å²) in [5.41, 5.74) is 7.84. The molecule has 3 rings (SSSR count). The van der Waals surface area contributed by atoms with E-state index in [1.54, 1.807) is 12.1 Å². The van der Waals surface area contributed by atoms with Gasteiger partial charge in [-0.3, -0.25) is 0 Å². The molecule has 0 saturated carbocycles. The van der Waals surface area contributed by atoms with E-state index < -0.39 is 0 Å². The van der Waals surface area contributed by atoms with E-state index in [2.05, 4.69) is 21.3 Å². The minimum absolute atomic E-state index is 0.341. The van der Waals surface area contributed by atoms with Gasteiger partial charge in [0.25, 0.3) is 0 Å². The van der Waals surface area contributed by atoms with Crippen LogP contribution in [0.5, 0.6) is 0 Å². The maximum Gasteiger partial charge on any atom is 0.323 e. The van der Waals surface area contributed by atoms with Crippen molar-refractivity contribution in [2.45, 2.75) is 34.6 Å². The van der Waals surface area contributed by atoms with Crippen LogP contribution in [0.3, 0.4) is 0 Å². The summed E-state index contributed by atoms with van der Waals surface area (Å²) in [5, 5.41) is 11.4. The number of carbonyl (C=O) groups excluding carboxylic acids is 2. The number of amides is 4. The van der Waals surface area contributed by atoms with E-state index in [1.165, 1.54) is 0 Å². The van der Waals surface area contributed by atoms with Crippen molar-refractivity contribution < 1.29 is 9.59 Å². The SMILES string of the molecule is Cc1ccc(NC(=O)Nc2ccc(C)c(NC(=O)Nc3ccc(C)cc3C)c2)c(C)c1. The van der Waals surface area contributed by atoms with Crippen LogP contribution in [-0.4, -0.2) is 12.1 Å². The summed E-state index contributed by atoms with van der Waals surface area (Å²) in [6, 6.07) is 16.4. The molecule has 0 atom stereocenters. The van der Waals surface area contributed by atoms with Crippen LogP contribution in [0.1, 0.15) is 27.8 Å². The van der Waals surface area contributed by atoms with Crippen molar-refractivity contribution in [3.05, 3.63) is 82.4 Å². The van der Waals surface area contributed by atoms with Crippen molar-refractivity contribution in [2.24, 2.45) is 0 Å². The van der Waals surface area contributed by atoms with Gasteiger partial charge in [0.15, 0.2) is 0 Å². The average Bonchev–Trinajstić information content (AvgIpc) is 2.69. The van der Waals surface area contributed by atoms with Crippen molar-refractivity contribution in [2.75, 3.05) is 21.3 Å². The largest absolute Gasteiger partial charge is 0.323 e. The van der Waals surface area contributed by atoms with E-state index in [0.29, 0.717) is 11.4 Å². The Kier molecular flexibility index (Phi) is 6.60. The highest BCUT2D eigenvalue weighted by Gasteiger charge is 2.10. The minimum atomic E-state index is -0.346. The van der Waals surface area contributed by atoms with Gasteiger partial charge in [-0.1, -0.05) is 41.5 Å². The highest BCUT2D eigenvalue weighted by atomic mass is 16.2. The number of rotatable bonds is 4. The second kappa shape index (κ2) is 9.34. The summed E-state index contributed by atoms with van der Waals surface area (Å²) < 4.78 is 0. The third-order valence-corrected chi connectivity index (χ3v) is 5.00. The van der Waals surface area contributed by atoms with Crippen molar-refractivity contribution in [3.8, 4) is 0 Å². The lowest BCUT2D eigenvalue weighted by atomic mass is 10.1. The normalized spacial score (nSPS) is 10.4. The first-order valence-corrected chi connectivity index (χ1v) is 10.1. The number of hydrogen-bond acceptors (Lipinski definition) is 2. The molecule has 0 spiro atoms. The first kappa shape index (κ1) is 21.9. The van der Waals surface area contributed by atoms with Gasteiger partial charge < -0.3 is 21.3 Å². The van der Waals surface area contributed by atoms with Crippen LogP contribution in [0.15, 0.2) is 54.6 Å². The molecular formula is C25H28N4O2. The predicted molar refractivity (Wildman–Crippen MR) is 128 cm³/mol. The van der Waals surface area contributed by atoms with E-state index >= 15 is 0 Å². The minimum Gasteiger partial charge on any atom is -0.308 e. The van der Waals surface area contributed by atoms with Crippen molar-refractivity contribution in [1.82, 2.24) is 0 Å². The van der Waals surface area contributed by atoms with Gasteiger partial charge in [-0.05, 0) is 75.6 Å². The fraction of sp³-hybridized carbons (Fsp3) is 0.200. The summed E-state index contributed by atoms with van der Waals surface area (Å²) in [6.45, 7) is 9.81. The average molecular weight is 417 g/mol. The molecule has 0 heterocycles. The Balaban J connectivity index is 1.66. The molecule has 0 aromatic heterocycles. The Morgan fingerprint density at radius 1 is 0.516 bits per heavy atom. The lowest BCUT2D eigenvalue weighted by Gasteiger charge is -2.14. The molecule has 0 radical (unpaired) electrons. The number of urea groups is 2. The smallest absolute Gasteiger partial charge is 0.308 e. The van der Waals surface area contributed by atoms with Crippen LogP contribution < -0.4 is 21.3 Å². The highest BCUT2D eigenvalue weighted by molar-refractivity contribution is 6.03. The number of benzene rings is 3. The number of anilines is 4. The lowest BCUT2D eigenvalue weighted by Crippen LogP contribution is -2.22. The van der Waals surface area contributed by atoms with E-state index in [4.69, 9.17) is 0 Å². The van der Waals surface area contributed by atoms with Gasteiger partial charge in [0.2, 0.25) is 0 Å². The third-order valence-electron chi connectivity index (χ3n) is 5.00. The number of nitrogens with one attached hydrogen (secondary N) is 4. The van der Waals surface area contributed by atoms with Gasteiger partial charge in [0.1, 0.15) is 0 Å². The molecule has 0 unspecified atom stereocenters. The number of aryl methyl sites for hydroxylation is 5. The Labute approximate surface area is 183 Å². The lowest BCUT2D eigenvalue weighted by molar-refractivity contribution is 0.261. The van der Waals surface area contributed by atoms with Gasteiger partial charge in [0.05, 0.1) is 0 Å². The van der Waals surface area contributed by atoms with E-state index in [0.717, 1.165) is 39.2 Å². The maximum atomic E-state index is 12.5. The molecule has 0 fully saturated rings. The van der Waals surface area contributed by atoms with E-state index in [1.807, 2.05) is 77.1 Å². The number of hydrogen-bond donors (Lipinski definition) is 4. The Bertz CT molecular complexity index is 1140. The monoisotopic (exact) mass is 416 g/mol. The molecule has 3 aromatic carbocycles. The predicted octanol–water partition coefficient (Wildman–Crippen LogP) is 6.52. The molecule has 160 valence electrons. The first-order chi connectivity index (χ1) is 14.7. The zero-order valence-electron chi connectivity index (χ0n) is 18.5. The molecule has 0 aliphatic rings. The zero-order chi connectivity index (χ0) is 22.5. The molecule has 0 saturated heterocycles. The maximum absolute atomic E-state index is 12.5. The molecule has 0 aliphatic carbocycles. The van der Waals surface area contributed by atoms with Crippen LogP contribution in [0.4, 0.5) is 32.3 Å². The molecular weight excluding hydrogens is 388 g/mol. The standard InChI is InChI=1S/C25H28N4O2/c1-15-6-10-21(18(4)12-15)27-24(30)26-20-9-8-17(3)23(14-20)29-25(31)28-22-11-7-16(2)13-19(22)5/h6-14H,1-5H3,(H2,26,27,30)(H2,28,29,31). The van der Waals surface area contributed by atoms with Crippen molar-refractivity contribution >= 4 is 34.8 Å². The molecule has 31 heavy (non-hydrogen) atoms. The van der Waals surface area contributed by atoms with Crippen LogP contribution in [0, 0.1) is 34.6 Å². The molecule has 6 nitrogen and oxygen atoms in total. The van der Waals surface area contributed by atoms with Crippen molar-refractivity contribution in [1.29, 1.82) is 0 Å². The summed E-state index contributed by atoms with van der Waals surface area (Å²) >= 11 is 0. The second-order valence-corrected chi connectivity index (χ2v) is 7.82. The highest BCUT2D eigenvalue weighted by Crippen LogP contribution is 2.22. The quantitative estimate of drug-likeness (QED) is 0.391.